The van der Waals surface area contributed by atoms with Crippen molar-refractivity contribution in [3.63, 3.8) is 0 Å². The van der Waals surface area contributed by atoms with Gasteiger partial charge >= 0.3 is 6.03 Å². The third-order valence-corrected chi connectivity index (χ3v) is 5.71. The van der Waals surface area contributed by atoms with E-state index in [1.807, 2.05) is 36.1 Å². The lowest BCUT2D eigenvalue weighted by Crippen LogP contribution is -2.50. The number of methoxy groups -OCH3 is 1. The van der Waals surface area contributed by atoms with E-state index in [-0.39, 0.29) is 6.03 Å². The van der Waals surface area contributed by atoms with Crippen LogP contribution in [0.2, 0.25) is 0 Å². The number of piperazine rings is 1. The Balaban J connectivity index is 1.38. The number of hydrogen-bond donors (Lipinski definition) is 1. The van der Waals surface area contributed by atoms with Crippen LogP contribution in [0.4, 0.5) is 22.2 Å². The summed E-state index contributed by atoms with van der Waals surface area (Å²) in [5.74, 6) is 2.44. The summed E-state index contributed by atoms with van der Waals surface area (Å²) in [6.45, 7) is 6.81. The molecule has 8 nitrogen and oxygen atoms in total. The van der Waals surface area contributed by atoms with Crippen LogP contribution >= 0.6 is 0 Å². The first-order chi connectivity index (χ1) is 14.6. The van der Waals surface area contributed by atoms with Crippen LogP contribution in [0.3, 0.4) is 0 Å². The Morgan fingerprint density at radius 2 is 1.70 bits per heavy atom. The molecule has 0 saturated carbocycles. The van der Waals surface area contributed by atoms with Crippen molar-refractivity contribution in [3.8, 4) is 5.75 Å². The van der Waals surface area contributed by atoms with Crippen molar-refractivity contribution in [1.82, 2.24) is 14.9 Å². The molecule has 0 radical (unpaired) electrons. The number of aryl methyl sites for hydroxylation is 1. The number of carbonyl (C=O) groups excluding carboxylic acids is 1. The van der Waals surface area contributed by atoms with Gasteiger partial charge in [0.1, 0.15) is 11.6 Å². The maximum absolute atomic E-state index is 12.7. The highest BCUT2D eigenvalue weighted by atomic mass is 16.5. The first kappa shape index (κ1) is 20.3. The van der Waals surface area contributed by atoms with Crippen LogP contribution < -0.4 is 19.9 Å². The van der Waals surface area contributed by atoms with E-state index < -0.39 is 0 Å². The van der Waals surface area contributed by atoms with E-state index in [1.165, 1.54) is 19.3 Å². The van der Waals surface area contributed by atoms with Gasteiger partial charge in [-0.1, -0.05) is 12.1 Å². The van der Waals surface area contributed by atoms with Gasteiger partial charge in [0.15, 0.2) is 0 Å². The lowest BCUT2D eigenvalue weighted by atomic mass is 10.1. The first-order valence-corrected chi connectivity index (χ1v) is 10.7. The summed E-state index contributed by atoms with van der Waals surface area (Å²) in [5, 5.41) is 2.95. The van der Waals surface area contributed by atoms with Gasteiger partial charge in [0.25, 0.3) is 0 Å². The van der Waals surface area contributed by atoms with Gasteiger partial charge in [0.2, 0.25) is 5.95 Å². The fourth-order valence-electron chi connectivity index (χ4n) is 4.01. The molecule has 2 amide bonds. The average Bonchev–Trinajstić information content (AvgIpc) is 2.79. The molecule has 160 valence electrons. The van der Waals surface area contributed by atoms with Crippen LogP contribution in [0.15, 0.2) is 30.3 Å². The lowest BCUT2D eigenvalue weighted by Gasteiger charge is -2.35. The van der Waals surface area contributed by atoms with E-state index in [0.29, 0.717) is 37.6 Å². The second-order valence-electron chi connectivity index (χ2n) is 7.82. The molecule has 2 aromatic rings. The number of benzene rings is 1. The normalized spacial score (nSPS) is 17.1. The van der Waals surface area contributed by atoms with Crippen LogP contribution in [-0.4, -0.2) is 67.3 Å². The summed E-state index contributed by atoms with van der Waals surface area (Å²) >= 11 is 0. The number of carbonyl (C=O) groups is 1. The predicted molar refractivity (Wildman–Crippen MR) is 119 cm³/mol. The molecular formula is C22H30N6O2. The quantitative estimate of drug-likeness (QED) is 0.835. The second-order valence-corrected chi connectivity index (χ2v) is 7.82. The number of hydrogen-bond acceptors (Lipinski definition) is 6. The number of piperidine rings is 1. The van der Waals surface area contributed by atoms with E-state index >= 15 is 0 Å². The number of urea groups is 1. The van der Waals surface area contributed by atoms with Crippen molar-refractivity contribution in [2.75, 3.05) is 61.5 Å². The molecule has 3 heterocycles. The van der Waals surface area contributed by atoms with Crippen molar-refractivity contribution in [1.29, 1.82) is 0 Å². The van der Waals surface area contributed by atoms with Crippen molar-refractivity contribution < 1.29 is 9.53 Å². The van der Waals surface area contributed by atoms with Crippen LogP contribution in [-0.2, 0) is 0 Å². The molecule has 0 unspecified atom stereocenters. The van der Waals surface area contributed by atoms with E-state index in [4.69, 9.17) is 9.72 Å². The van der Waals surface area contributed by atoms with Gasteiger partial charge < -0.3 is 24.8 Å². The Labute approximate surface area is 177 Å². The number of nitrogens with one attached hydrogen (secondary N) is 1. The smallest absolute Gasteiger partial charge is 0.322 e. The topological polar surface area (TPSA) is 73.8 Å². The number of nitrogens with zero attached hydrogens (tertiary/aromatic N) is 5. The average molecular weight is 411 g/mol. The zero-order valence-corrected chi connectivity index (χ0v) is 17.8. The molecule has 0 atom stereocenters. The third-order valence-electron chi connectivity index (χ3n) is 5.71. The second kappa shape index (κ2) is 9.19. The highest BCUT2D eigenvalue weighted by molar-refractivity contribution is 5.91. The van der Waals surface area contributed by atoms with Gasteiger partial charge in [0.05, 0.1) is 12.8 Å². The molecule has 2 aliphatic rings. The number of ether oxygens (including phenoxy) is 1. The third kappa shape index (κ3) is 4.58. The molecule has 0 bridgehead atoms. The van der Waals surface area contributed by atoms with Gasteiger partial charge in [-0.05, 0) is 38.3 Å². The lowest BCUT2D eigenvalue weighted by molar-refractivity contribution is 0.208. The largest absolute Gasteiger partial charge is 0.495 e. The summed E-state index contributed by atoms with van der Waals surface area (Å²) in [6.07, 6.45) is 3.74. The minimum absolute atomic E-state index is 0.113. The minimum Gasteiger partial charge on any atom is -0.495 e. The van der Waals surface area contributed by atoms with Crippen molar-refractivity contribution in [2.45, 2.75) is 26.2 Å². The fourth-order valence-corrected chi connectivity index (χ4v) is 4.01. The summed E-state index contributed by atoms with van der Waals surface area (Å²) in [7, 11) is 1.60. The molecule has 4 rings (SSSR count). The SMILES string of the molecule is COc1ccccc1NC(=O)N1CCN(c2nc(C)cc(N3CCCCC3)n2)CC1. The standard InChI is InChI=1S/C22H30N6O2/c1-17-16-20(26-10-6-3-7-11-26)25-21(23-17)27-12-14-28(15-13-27)22(29)24-18-8-4-5-9-19(18)30-2/h4-5,8-9,16H,3,6-7,10-15H2,1-2H3,(H,24,29). The van der Waals surface area contributed by atoms with Gasteiger partial charge in [-0.3, -0.25) is 0 Å². The molecular weight excluding hydrogens is 380 g/mol. The molecule has 2 aliphatic heterocycles. The Morgan fingerprint density at radius 3 is 2.43 bits per heavy atom. The fraction of sp³-hybridized carbons (Fsp3) is 0.500. The monoisotopic (exact) mass is 410 g/mol. The zero-order valence-electron chi connectivity index (χ0n) is 17.8. The predicted octanol–water partition coefficient (Wildman–Crippen LogP) is 3.14. The molecule has 0 spiro atoms. The Kier molecular flexibility index (Phi) is 6.21. The maximum Gasteiger partial charge on any atom is 0.322 e. The van der Waals surface area contributed by atoms with Crippen LogP contribution in [0.1, 0.15) is 25.0 Å². The highest BCUT2D eigenvalue weighted by Crippen LogP contribution is 2.24. The molecule has 2 saturated heterocycles. The number of anilines is 3. The van der Waals surface area contributed by atoms with E-state index in [2.05, 4.69) is 26.2 Å². The first-order valence-electron chi connectivity index (χ1n) is 10.7. The number of aromatic nitrogens is 2. The zero-order chi connectivity index (χ0) is 20.9. The summed E-state index contributed by atoms with van der Waals surface area (Å²) in [5.41, 5.74) is 1.66. The van der Waals surface area contributed by atoms with Gasteiger partial charge in [-0.25, -0.2) is 9.78 Å². The minimum atomic E-state index is -0.113. The molecule has 0 aliphatic carbocycles. The Bertz CT molecular complexity index is 876. The van der Waals surface area contributed by atoms with Crippen LogP contribution in [0, 0.1) is 6.92 Å². The van der Waals surface area contributed by atoms with E-state index in [0.717, 1.165) is 30.5 Å². The summed E-state index contributed by atoms with van der Waals surface area (Å²) < 4.78 is 5.32. The molecule has 1 aromatic carbocycles. The van der Waals surface area contributed by atoms with E-state index in [1.54, 1.807) is 7.11 Å². The summed E-state index contributed by atoms with van der Waals surface area (Å²) in [4.78, 5) is 28.6. The van der Waals surface area contributed by atoms with E-state index in [9.17, 15) is 4.79 Å². The van der Waals surface area contributed by atoms with Crippen molar-refractivity contribution in [3.05, 3.63) is 36.0 Å². The van der Waals surface area contributed by atoms with Gasteiger partial charge in [0, 0.05) is 51.0 Å². The van der Waals surface area contributed by atoms with Gasteiger partial charge in [-0.15, -0.1) is 0 Å². The van der Waals surface area contributed by atoms with Crippen LogP contribution in [0.25, 0.3) is 0 Å². The molecule has 2 fully saturated rings. The molecule has 30 heavy (non-hydrogen) atoms. The number of rotatable bonds is 4. The molecule has 1 N–H and O–H groups in total. The number of para-hydroxylation sites is 2. The molecule has 8 heteroatoms. The van der Waals surface area contributed by atoms with Crippen molar-refractivity contribution in [2.24, 2.45) is 0 Å². The number of amides is 2. The van der Waals surface area contributed by atoms with Crippen LogP contribution in [0.5, 0.6) is 5.75 Å². The molecule has 1 aromatic heterocycles. The highest BCUT2D eigenvalue weighted by Gasteiger charge is 2.24. The summed E-state index contributed by atoms with van der Waals surface area (Å²) in [6, 6.07) is 9.40. The Morgan fingerprint density at radius 1 is 0.967 bits per heavy atom. The van der Waals surface area contributed by atoms with Gasteiger partial charge in [-0.2, -0.15) is 4.98 Å². The Hall–Kier alpha value is -3.03. The maximum atomic E-state index is 12.7. The van der Waals surface area contributed by atoms with Crippen molar-refractivity contribution >= 4 is 23.5 Å².